The van der Waals surface area contributed by atoms with E-state index in [0.717, 1.165) is 37.9 Å². The standard InChI is InChI=1S/C21H31FN4O2.HI/c1-26(2)19(27)14-24-20(23-13-16-7-5-6-12-28-16)25-15-21(10-11-21)17-8-3-4-9-18(17)22;/h3-4,8-9,16H,5-7,10-15H2,1-2H3,(H2,23,24,25);1H. The molecule has 2 N–H and O–H groups in total. The maximum Gasteiger partial charge on any atom is 0.243 e. The van der Waals surface area contributed by atoms with E-state index in [9.17, 15) is 9.18 Å². The molecule has 29 heavy (non-hydrogen) atoms. The maximum absolute atomic E-state index is 14.2. The van der Waals surface area contributed by atoms with Gasteiger partial charge >= 0.3 is 0 Å². The molecule has 1 saturated carbocycles. The van der Waals surface area contributed by atoms with E-state index in [2.05, 4.69) is 15.6 Å². The van der Waals surface area contributed by atoms with E-state index < -0.39 is 0 Å². The highest BCUT2D eigenvalue weighted by Crippen LogP contribution is 2.48. The molecule has 6 nitrogen and oxygen atoms in total. The van der Waals surface area contributed by atoms with Crippen LogP contribution in [0.25, 0.3) is 0 Å². The van der Waals surface area contributed by atoms with Crippen molar-refractivity contribution in [1.29, 1.82) is 0 Å². The monoisotopic (exact) mass is 518 g/mol. The Morgan fingerprint density at radius 2 is 2.03 bits per heavy atom. The Hall–Kier alpha value is -1.42. The van der Waals surface area contributed by atoms with E-state index in [1.807, 2.05) is 12.1 Å². The van der Waals surface area contributed by atoms with Gasteiger partial charge in [0.2, 0.25) is 5.91 Å². The zero-order valence-corrected chi connectivity index (χ0v) is 19.6. The second kappa shape index (κ2) is 11.1. The average molecular weight is 518 g/mol. The van der Waals surface area contributed by atoms with Gasteiger partial charge in [0.25, 0.3) is 0 Å². The molecule has 1 aliphatic heterocycles. The van der Waals surface area contributed by atoms with Crippen molar-refractivity contribution in [3.05, 3.63) is 35.6 Å². The number of rotatable bonds is 7. The molecule has 1 aromatic carbocycles. The van der Waals surface area contributed by atoms with E-state index in [1.165, 1.54) is 17.4 Å². The van der Waals surface area contributed by atoms with Gasteiger partial charge in [-0.05, 0) is 43.7 Å². The van der Waals surface area contributed by atoms with Crippen molar-refractivity contribution in [3.8, 4) is 0 Å². The highest BCUT2D eigenvalue weighted by atomic mass is 127. The van der Waals surface area contributed by atoms with Crippen molar-refractivity contribution >= 4 is 35.8 Å². The predicted molar refractivity (Wildman–Crippen MR) is 123 cm³/mol. The van der Waals surface area contributed by atoms with Gasteiger partial charge in [0.05, 0.1) is 6.10 Å². The Labute approximate surface area is 189 Å². The van der Waals surface area contributed by atoms with Crippen molar-refractivity contribution < 1.29 is 13.9 Å². The van der Waals surface area contributed by atoms with E-state index >= 15 is 0 Å². The lowest BCUT2D eigenvalue weighted by molar-refractivity contribution is -0.127. The summed E-state index contributed by atoms with van der Waals surface area (Å²) in [7, 11) is 3.43. The van der Waals surface area contributed by atoms with Crippen molar-refractivity contribution in [2.45, 2.75) is 43.6 Å². The van der Waals surface area contributed by atoms with Crippen LogP contribution < -0.4 is 10.6 Å². The van der Waals surface area contributed by atoms with Crippen molar-refractivity contribution in [2.75, 3.05) is 40.3 Å². The number of aliphatic imine (C=N–C) groups is 1. The highest BCUT2D eigenvalue weighted by molar-refractivity contribution is 14.0. The molecular formula is C21H32FIN4O2. The Morgan fingerprint density at radius 1 is 1.28 bits per heavy atom. The Balaban J connectivity index is 0.00000300. The maximum atomic E-state index is 14.2. The molecule has 1 atom stereocenters. The number of halogens is 2. The normalized spacial score (nSPS) is 20.4. The minimum atomic E-state index is -0.194. The first-order valence-corrected chi connectivity index (χ1v) is 10.1. The van der Waals surface area contributed by atoms with Gasteiger partial charge in [0.1, 0.15) is 12.4 Å². The fraction of sp³-hybridized carbons (Fsp3) is 0.619. The minimum absolute atomic E-state index is 0. The van der Waals surface area contributed by atoms with Crippen LogP contribution in [0.1, 0.15) is 37.7 Å². The summed E-state index contributed by atoms with van der Waals surface area (Å²) in [6, 6.07) is 6.97. The number of benzene rings is 1. The van der Waals surface area contributed by atoms with Crippen LogP contribution in [0, 0.1) is 5.82 Å². The molecule has 162 valence electrons. The summed E-state index contributed by atoms with van der Waals surface area (Å²) in [5, 5.41) is 6.63. The Bertz CT molecular complexity index is 704. The largest absolute Gasteiger partial charge is 0.376 e. The topological polar surface area (TPSA) is 66.0 Å². The Morgan fingerprint density at radius 3 is 2.66 bits per heavy atom. The van der Waals surface area contributed by atoms with Crippen LogP contribution in [-0.2, 0) is 14.9 Å². The summed E-state index contributed by atoms with van der Waals surface area (Å²) in [6.07, 6.45) is 5.34. The lowest BCUT2D eigenvalue weighted by Crippen LogP contribution is -2.45. The van der Waals surface area contributed by atoms with Gasteiger partial charge in [-0.3, -0.25) is 4.79 Å². The van der Waals surface area contributed by atoms with Crippen molar-refractivity contribution in [3.63, 3.8) is 0 Å². The average Bonchev–Trinajstić information content (AvgIpc) is 3.49. The number of hydrogen-bond donors (Lipinski definition) is 2. The lowest BCUT2D eigenvalue weighted by Gasteiger charge is -2.25. The molecule has 1 amide bonds. The van der Waals surface area contributed by atoms with E-state index in [4.69, 9.17) is 4.74 Å². The molecule has 0 aromatic heterocycles. The second-order valence-electron chi connectivity index (χ2n) is 7.94. The summed E-state index contributed by atoms with van der Waals surface area (Å²) in [5.74, 6) is 0.351. The molecule has 2 fully saturated rings. The number of carbonyl (C=O) groups is 1. The van der Waals surface area contributed by atoms with Crippen LogP contribution in [0.5, 0.6) is 0 Å². The summed E-state index contributed by atoms with van der Waals surface area (Å²) in [4.78, 5) is 17.9. The van der Waals surface area contributed by atoms with E-state index in [1.54, 1.807) is 20.2 Å². The summed E-state index contributed by atoms with van der Waals surface area (Å²) >= 11 is 0. The fourth-order valence-electron chi connectivity index (χ4n) is 3.48. The zero-order valence-electron chi connectivity index (χ0n) is 17.2. The van der Waals surface area contributed by atoms with Crippen LogP contribution in [0.3, 0.4) is 0 Å². The molecule has 1 aliphatic carbocycles. The third-order valence-corrected chi connectivity index (χ3v) is 5.54. The predicted octanol–water partition coefficient (Wildman–Crippen LogP) is 2.67. The minimum Gasteiger partial charge on any atom is -0.376 e. The Kier molecular flexibility index (Phi) is 9.13. The smallest absolute Gasteiger partial charge is 0.243 e. The van der Waals surface area contributed by atoms with Crippen molar-refractivity contribution in [1.82, 2.24) is 15.5 Å². The number of likely N-dealkylation sites (N-methyl/N-ethyl adjacent to an activating group) is 1. The SMILES string of the molecule is CN(C)C(=O)CN=C(NCC1CCCCO1)NCC1(c2ccccc2F)CC1.I. The third-order valence-electron chi connectivity index (χ3n) is 5.54. The lowest BCUT2D eigenvalue weighted by atomic mass is 9.95. The molecule has 0 bridgehead atoms. The molecule has 2 aliphatic rings. The second-order valence-corrected chi connectivity index (χ2v) is 7.94. The van der Waals surface area contributed by atoms with Crippen LogP contribution in [-0.4, -0.2) is 63.2 Å². The van der Waals surface area contributed by atoms with Crippen LogP contribution in [0.15, 0.2) is 29.3 Å². The molecule has 1 saturated heterocycles. The zero-order chi connectivity index (χ0) is 20.0. The molecular weight excluding hydrogens is 486 g/mol. The fourth-order valence-corrected chi connectivity index (χ4v) is 3.48. The third kappa shape index (κ3) is 6.80. The van der Waals surface area contributed by atoms with E-state index in [0.29, 0.717) is 19.0 Å². The summed E-state index contributed by atoms with van der Waals surface area (Å²) in [5.41, 5.74) is 0.558. The van der Waals surface area contributed by atoms with Crippen molar-refractivity contribution in [2.24, 2.45) is 4.99 Å². The van der Waals surface area contributed by atoms with Gasteiger partial charge < -0.3 is 20.3 Å². The van der Waals surface area contributed by atoms with Crippen LogP contribution >= 0.6 is 24.0 Å². The molecule has 8 heteroatoms. The van der Waals surface area contributed by atoms with E-state index in [-0.39, 0.29) is 53.8 Å². The molecule has 0 radical (unpaired) electrons. The molecule has 1 aromatic rings. The number of ether oxygens (including phenoxy) is 1. The highest BCUT2D eigenvalue weighted by Gasteiger charge is 2.45. The number of nitrogens with one attached hydrogen (secondary N) is 2. The molecule has 0 spiro atoms. The van der Waals surface area contributed by atoms with Crippen LogP contribution in [0.2, 0.25) is 0 Å². The first kappa shape index (κ1) is 23.9. The molecule has 3 rings (SSSR count). The molecule has 1 heterocycles. The number of hydrogen-bond acceptors (Lipinski definition) is 3. The van der Waals surface area contributed by atoms with Gasteiger partial charge in [0, 0.05) is 39.2 Å². The molecule has 1 unspecified atom stereocenters. The van der Waals surface area contributed by atoms with Gasteiger partial charge in [-0.1, -0.05) is 18.2 Å². The van der Waals surface area contributed by atoms with Crippen LogP contribution in [0.4, 0.5) is 4.39 Å². The first-order valence-electron chi connectivity index (χ1n) is 10.1. The number of amides is 1. The number of carbonyl (C=O) groups excluding carboxylic acids is 1. The van der Waals surface area contributed by atoms with Gasteiger partial charge in [-0.2, -0.15) is 0 Å². The quantitative estimate of drug-likeness (QED) is 0.331. The summed E-state index contributed by atoms with van der Waals surface area (Å²) < 4.78 is 20.0. The number of nitrogens with zero attached hydrogens (tertiary/aromatic N) is 2. The van der Waals surface area contributed by atoms with Gasteiger partial charge in [-0.15, -0.1) is 24.0 Å². The first-order chi connectivity index (χ1) is 13.5. The van der Waals surface area contributed by atoms with Gasteiger partial charge in [0.15, 0.2) is 5.96 Å². The summed E-state index contributed by atoms with van der Waals surface area (Å²) in [6.45, 7) is 2.10. The number of guanidine groups is 1. The van der Waals surface area contributed by atoms with Gasteiger partial charge in [-0.25, -0.2) is 9.38 Å².